The number of nitrogens with one attached hydrogen (secondary N) is 1. The number of methoxy groups -OCH3 is 1. The van der Waals surface area contributed by atoms with Crippen molar-refractivity contribution in [1.29, 1.82) is 0 Å². The van der Waals surface area contributed by atoms with Crippen molar-refractivity contribution in [2.24, 2.45) is 7.05 Å². The Morgan fingerprint density at radius 3 is 2.61 bits per heavy atom. The molecule has 0 saturated carbocycles. The van der Waals surface area contributed by atoms with E-state index in [1.54, 1.807) is 36.3 Å². The van der Waals surface area contributed by atoms with Crippen LogP contribution in [0.3, 0.4) is 0 Å². The second kappa shape index (κ2) is 7.38. The molecule has 1 atom stereocenters. The number of nitrogens with zero attached hydrogens (tertiary/aromatic N) is 2. The number of fused-ring (bicyclic) bond motifs is 1. The van der Waals surface area contributed by atoms with Crippen molar-refractivity contribution in [3.63, 3.8) is 0 Å². The summed E-state index contributed by atoms with van der Waals surface area (Å²) in [4.78, 5) is 27.8. The molecule has 6 heteroatoms. The zero-order valence-corrected chi connectivity index (χ0v) is 16.0. The van der Waals surface area contributed by atoms with Gasteiger partial charge < -0.3 is 19.5 Å². The molecule has 1 N–H and O–H groups in total. The first-order chi connectivity index (χ1) is 13.6. The number of benzene rings is 2. The van der Waals surface area contributed by atoms with Gasteiger partial charge in [-0.3, -0.25) is 9.59 Å². The summed E-state index contributed by atoms with van der Waals surface area (Å²) in [5, 5.41) is 3.83. The Labute approximate surface area is 163 Å². The van der Waals surface area contributed by atoms with Gasteiger partial charge in [-0.2, -0.15) is 0 Å². The van der Waals surface area contributed by atoms with Crippen LogP contribution in [0.2, 0.25) is 0 Å². The molecule has 1 aliphatic rings. The molecule has 0 bridgehead atoms. The fourth-order valence-corrected chi connectivity index (χ4v) is 3.85. The number of carbonyl (C=O) groups is 2. The van der Waals surface area contributed by atoms with Crippen LogP contribution in [-0.4, -0.2) is 41.0 Å². The molecular weight excluding hydrogens is 354 g/mol. The van der Waals surface area contributed by atoms with Crippen LogP contribution in [0, 0.1) is 0 Å². The van der Waals surface area contributed by atoms with Crippen LogP contribution in [0.1, 0.15) is 23.2 Å². The number of amides is 2. The van der Waals surface area contributed by atoms with Crippen molar-refractivity contribution in [1.82, 2.24) is 9.47 Å². The molecule has 28 heavy (non-hydrogen) atoms. The van der Waals surface area contributed by atoms with Gasteiger partial charge >= 0.3 is 0 Å². The Bertz CT molecular complexity index is 1020. The molecule has 4 rings (SSSR count). The number of hydrogen-bond donors (Lipinski definition) is 1. The maximum absolute atomic E-state index is 13.2. The quantitative estimate of drug-likeness (QED) is 0.758. The van der Waals surface area contributed by atoms with Crippen LogP contribution in [0.4, 0.5) is 5.69 Å². The highest BCUT2D eigenvalue weighted by Gasteiger charge is 2.35. The van der Waals surface area contributed by atoms with Gasteiger partial charge in [0.2, 0.25) is 5.91 Å². The van der Waals surface area contributed by atoms with E-state index in [-0.39, 0.29) is 11.8 Å². The topological polar surface area (TPSA) is 63.6 Å². The molecule has 1 aliphatic heterocycles. The lowest BCUT2D eigenvalue weighted by atomic mass is 10.1. The average Bonchev–Trinajstić information content (AvgIpc) is 3.34. The lowest BCUT2D eigenvalue weighted by Crippen LogP contribution is -2.43. The van der Waals surface area contributed by atoms with Crippen LogP contribution in [0.15, 0.2) is 54.7 Å². The fourth-order valence-electron chi connectivity index (χ4n) is 3.85. The average molecular weight is 377 g/mol. The van der Waals surface area contributed by atoms with Gasteiger partial charge in [-0.1, -0.05) is 18.2 Å². The van der Waals surface area contributed by atoms with Crippen molar-refractivity contribution >= 4 is 28.4 Å². The summed E-state index contributed by atoms with van der Waals surface area (Å²) in [7, 11) is 3.53. The van der Waals surface area contributed by atoms with Crippen molar-refractivity contribution in [2.45, 2.75) is 18.9 Å². The van der Waals surface area contributed by atoms with E-state index in [1.807, 2.05) is 42.1 Å². The van der Waals surface area contributed by atoms with Crippen molar-refractivity contribution in [2.75, 3.05) is 19.0 Å². The van der Waals surface area contributed by atoms with Crippen molar-refractivity contribution in [3.05, 3.63) is 60.3 Å². The molecule has 2 heterocycles. The number of aromatic nitrogens is 1. The molecule has 2 amide bonds. The van der Waals surface area contributed by atoms with E-state index in [1.165, 1.54) is 0 Å². The number of ether oxygens (including phenoxy) is 1. The number of carbonyl (C=O) groups excluding carboxylic acids is 2. The molecule has 1 aromatic heterocycles. The smallest absolute Gasteiger partial charge is 0.256 e. The summed E-state index contributed by atoms with van der Waals surface area (Å²) in [6.07, 6.45) is 3.33. The highest BCUT2D eigenvalue weighted by Crippen LogP contribution is 2.27. The molecule has 1 fully saturated rings. The lowest BCUT2D eigenvalue weighted by molar-refractivity contribution is -0.119. The number of aryl methyl sites for hydroxylation is 1. The Morgan fingerprint density at radius 2 is 1.86 bits per heavy atom. The monoisotopic (exact) mass is 377 g/mol. The minimum absolute atomic E-state index is 0.0934. The van der Waals surface area contributed by atoms with E-state index in [4.69, 9.17) is 4.74 Å². The van der Waals surface area contributed by atoms with E-state index >= 15 is 0 Å². The third-order valence-corrected chi connectivity index (χ3v) is 5.30. The van der Waals surface area contributed by atoms with E-state index < -0.39 is 6.04 Å². The first kappa shape index (κ1) is 18.1. The minimum atomic E-state index is -0.464. The maximum Gasteiger partial charge on any atom is 0.256 e. The standard InChI is InChI=1S/C22H23N3O3/c1-24-14-18(17-6-3-4-7-19(17)24)22(27)25-13-5-8-20(25)21(26)23-15-9-11-16(28-2)12-10-15/h3-4,6-7,9-12,14,20H,5,8,13H2,1-2H3,(H,23,26)/t20-/m1/s1. The van der Waals surface area contributed by atoms with Gasteiger partial charge in [-0.25, -0.2) is 0 Å². The second-order valence-electron chi connectivity index (χ2n) is 7.05. The molecular formula is C22H23N3O3. The summed E-state index contributed by atoms with van der Waals surface area (Å²) < 4.78 is 7.09. The fraction of sp³-hybridized carbons (Fsp3) is 0.273. The number of hydrogen-bond acceptors (Lipinski definition) is 3. The number of anilines is 1. The zero-order chi connectivity index (χ0) is 19.7. The van der Waals surface area contributed by atoms with Gasteiger partial charge in [0.15, 0.2) is 0 Å². The highest BCUT2D eigenvalue weighted by molar-refractivity contribution is 6.09. The molecule has 1 saturated heterocycles. The normalized spacial score (nSPS) is 16.4. The molecule has 0 aliphatic carbocycles. The van der Waals surface area contributed by atoms with Gasteiger partial charge in [0.1, 0.15) is 11.8 Å². The maximum atomic E-state index is 13.2. The molecule has 0 radical (unpaired) electrons. The summed E-state index contributed by atoms with van der Waals surface area (Å²) in [5.41, 5.74) is 2.33. The molecule has 0 unspecified atom stereocenters. The van der Waals surface area contributed by atoms with Crippen LogP contribution in [0.5, 0.6) is 5.75 Å². The van der Waals surface area contributed by atoms with E-state index in [2.05, 4.69) is 5.32 Å². The first-order valence-corrected chi connectivity index (χ1v) is 9.38. The molecule has 144 valence electrons. The van der Waals surface area contributed by atoms with Crippen molar-refractivity contribution in [3.8, 4) is 5.75 Å². The Morgan fingerprint density at radius 1 is 1.11 bits per heavy atom. The van der Waals surface area contributed by atoms with E-state index in [0.29, 0.717) is 24.2 Å². The Kier molecular flexibility index (Phi) is 4.77. The summed E-state index contributed by atoms with van der Waals surface area (Å²) in [5.74, 6) is 0.479. The van der Waals surface area contributed by atoms with Crippen molar-refractivity contribution < 1.29 is 14.3 Å². The number of para-hydroxylation sites is 1. The Hall–Kier alpha value is -3.28. The van der Waals surface area contributed by atoms with Gasteiger partial charge in [0, 0.05) is 36.4 Å². The van der Waals surface area contributed by atoms with Crippen LogP contribution in [0.25, 0.3) is 10.9 Å². The largest absolute Gasteiger partial charge is 0.497 e. The second-order valence-corrected chi connectivity index (χ2v) is 7.05. The lowest BCUT2D eigenvalue weighted by Gasteiger charge is -2.24. The molecule has 6 nitrogen and oxygen atoms in total. The van der Waals surface area contributed by atoms with Crippen LogP contribution < -0.4 is 10.1 Å². The molecule has 3 aromatic rings. The summed E-state index contributed by atoms with van der Waals surface area (Å²) in [6, 6.07) is 14.5. The third kappa shape index (κ3) is 3.22. The predicted molar refractivity (Wildman–Crippen MR) is 109 cm³/mol. The molecule has 0 spiro atoms. The van der Waals surface area contributed by atoms with Gasteiger partial charge in [0.25, 0.3) is 5.91 Å². The summed E-state index contributed by atoms with van der Waals surface area (Å²) >= 11 is 0. The first-order valence-electron chi connectivity index (χ1n) is 9.38. The number of likely N-dealkylation sites (tertiary alicyclic amines) is 1. The SMILES string of the molecule is COc1ccc(NC(=O)[C@H]2CCCN2C(=O)c2cn(C)c3ccccc23)cc1. The van der Waals surface area contributed by atoms with Gasteiger partial charge in [-0.05, 0) is 43.2 Å². The van der Waals surface area contributed by atoms with Crippen LogP contribution >= 0.6 is 0 Å². The van der Waals surface area contributed by atoms with E-state index in [0.717, 1.165) is 23.1 Å². The summed E-state index contributed by atoms with van der Waals surface area (Å²) in [6.45, 7) is 0.586. The number of rotatable bonds is 4. The van der Waals surface area contributed by atoms with E-state index in [9.17, 15) is 9.59 Å². The Balaban J connectivity index is 1.55. The highest BCUT2D eigenvalue weighted by atomic mass is 16.5. The van der Waals surface area contributed by atoms with Gasteiger partial charge in [-0.15, -0.1) is 0 Å². The molecule has 2 aromatic carbocycles. The van der Waals surface area contributed by atoms with Crippen LogP contribution in [-0.2, 0) is 11.8 Å². The minimum Gasteiger partial charge on any atom is -0.497 e. The third-order valence-electron chi connectivity index (χ3n) is 5.30. The zero-order valence-electron chi connectivity index (χ0n) is 16.0. The van der Waals surface area contributed by atoms with Gasteiger partial charge in [0.05, 0.1) is 12.7 Å². The predicted octanol–water partition coefficient (Wildman–Crippen LogP) is 3.43.